The van der Waals surface area contributed by atoms with Gasteiger partial charge in [-0.15, -0.1) is 10.2 Å². The smallest absolute Gasteiger partial charge is 0.308 e. The largest absolute Gasteiger partial charge is 0.469 e. The molecule has 3 heterocycles. The van der Waals surface area contributed by atoms with Crippen LogP contribution in [0.5, 0.6) is 0 Å². The number of carbonyl (C=O) groups excluding carboxylic acids is 1. The van der Waals surface area contributed by atoms with E-state index in [1.54, 1.807) is 0 Å². The second-order valence-electron chi connectivity index (χ2n) is 5.82. The number of fused-ring (bicyclic) bond motifs is 1. The lowest BCUT2D eigenvalue weighted by Gasteiger charge is -2.23. The average Bonchev–Trinajstić information content (AvgIpc) is 3.01. The van der Waals surface area contributed by atoms with Crippen LogP contribution >= 0.6 is 0 Å². The van der Waals surface area contributed by atoms with Gasteiger partial charge in [0.1, 0.15) is 11.4 Å². The molecule has 6 heteroatoms. The van der Waals surface area contributed by atoms with E-state index in [1.807, 2.05) is 0 Å². The van der Waals surface area contributed by atoms with Crippen LogP contribution in [0.1, 0.15) is 44.3 Å². The molecule has 1 fully saturated rings. The normalized spacial score (nSPS) is 29.8. The molecule has 1 aromatic heterocycles. The Balaban J connectivity index is 1.83. The summed E-state index contributed by atoms with van der Waals surface area (Å²) in [4.78, 5) is 11.7. The van der Waals surface area contributed by atoms with Gasteiger partial charge in [-0.1, -0.05) is 0 Å². The highest BCUT2D eigenvalue weighted by molar-refractivity contribution is 5.72. The molecule has 110 valence electrons. The van der Waals surface area contributed by atoms with Crippen LogP contribution in [0.2, 0.25) is 0 Å². The van der Waals surface area contributed by atoms with E-state index in [0.29, 0.717) is 0 Å². The summed E-state index contributed by atoms with van der Waals surface area (Å²) in [6, 6.07) is 0. The van der Waals surface area contributed by atoms with Gasteiger partial charge in [0.15, 0.2) is 5.82 Å². The monoisotopic (exact) mass is 279 g/mol. The summed E-state index contributed by atoms with van der Waals surface area (Å²) in [6.45, 7) is 3.62. The molecule has 0 aromatic carbocycles. The molecule has 2 aliphatic heterocycles. The Morgan fingerprint density at radius 3 is 3.00 bits per heavy atom. The van der Waals surface area contributed by atoms with Crippen molar-refractivity contribution in [1.82, 2.24) is 14.8 Å². The van der Waals surface area contributed by atoms with Crippen LogP contribution in [0.3, 0.4) is 0 Å². The number of aromatic nitrogens is 3. The minimum atomic E-state index is -0.323. The summed E-state index contributed by atoms with van der Waals surface area (Å²) >= 11 is 0. The van der Waals surface area contributed by atoms with E-state index < -0.39 is 0 Å². The Bertz CT molecular complexity index is 506. The lowest BCUT2D eigenvalue weighted by Crippen LogP contribution is -2.26. The highest BCUT2D eigenvalue weighted by atomic mass is 16.5. The third-order valence-corrected chi connectivity index (χ3v) is 4.47. The number of rotatable bonds is 2. The van der Waals surface area contributed by atoms with Gasteiger partial charge in [-0.2, -0.15) is 0 Å². The maximum atomic E-state index is 11.7. The molecule has 2 aliphatic rings. The standard InChI is InChI=1S/C14H21N3O3/c1-14(7-3-9-20-14)13-16-15-11-5-4-10(12(18)19-2)6-8-17(11)13/h10H,3-9H2,1-2H3. The van der Waals surface area contributed by atoms with Crippen molar-refractivity contribution in [1.29, 1.82) is 0 Å². The lowest BCUT2D eigenvalue weighted by molar-refractivity contribution is -0.145. The van der Waals surface area contributed by atoms with E-state index in [1.165, 1.54) is 7.11 Å². The molecule has 0 radical (unpaired) electrons. The third-order valence-electron chi connectivity index (χ3n) is 4.47. The fourth-order valence-corrected chi connectivity index (χ4v) is 3.24. The highest BCUT2D eigenvalue weighted by Gasteiger charge is 2.38. The van der Waals surface area contributed by atoms with E-state index in [0.717, 1.165) is 56.9 Å². The van der Waals surface area contributed by atoms with E-state index in [4.69, 9.17) is 9.47 Å². The summed E-state index contributed by atoms with van der Waals surface area (Å²) in [5.41, 5.74) is -0.323. The maximum absolute atomic E-state index is 11.7. The molecule has 0 bridgehead atoms. The molecule has 2 unspecified atom stereocenters. The first kappa shape index (κ1) is 13.5. The number of nitrogens with zero attached hydrogens (tertiary/aromatic N) is 3. The molecule has 3 rings (SSSR count). The van der Waals surface area contributed by atoms with Gasteiger partial charge in [0.25, 0.3) is 0 Å². The van der Waals surface area contributed by atoms with E-state index in [-0.39, 0.29) is 17.5 Å². The summed E-state index contributed by atoms with van der Waals surface area (Å²) in [5.74, 6) is 1.72. The summed E-state index contributed by atoms with van der Waals surface area (Å²) in [5, 5.41) is 8.66. The van der Waals surface area contributed by atoms with Gasteiger partial charge >= 0.3 is 5.97 Å². The van der Waals surface area contributed by atoms with Gasteiger partial charge < -0.3 is 14.0 Å². The van der Waals surface area contributed by atoms with Crippen molar-refractivity contribution in [3.8, 4) is 0 Å². The molecule has 0 amide bonds. The lowest BCUT2D eigenvalue weighted by atomic mass is 10.0. The number of hydrogen-bond donors (Lipinski definition) is 0. The fraction of sp³-hybridized carbons (Fsp3) is 0.786. The van der Waals surface area contributed by atoms with E-state index in [9.17, 15) is 4.79 Å². The highest BCUT2D eigenvalue weighted by Crippen LogP contribution is 2.35. The van der Waals surface area contributed by atoms with Gasteiger partial charge in [0.05, 0.1) is 13.0 Å². The summed E-state index contributed by atoms with van der Waals surface area (Å²) in [7, 11) is 1.45. The molecular weight excluding hydrogens is 258 g/mol. The van der Waals surface area contributed by atoms with Crippen LogP contribution in [-0.4, -0.2) is 34.5 Å². The van der Waals surface area contributed by atoms with Crippen LogP contribution in [0.25, 0.3) is 0 Å². The van der Waals surface area contributed by atoms with Gasteiger partial charge in [-0.05, 0) is 32.6 Å². The number of methoxy groups -OCH3 is 1. The summed E-state index contributed by atoms with van der Waals surface area (Å²) < 4.78 is 12.9. The minimum Gasteiger partial charge on any atom is -0.469 e. The molecule has 0 spiro atoms. The molecular formula is C14H21N3O3. The third kappa shape index (κ3) is 2.22. The van der Waals surface area contributed by atoms with Crippen LogP contribution in [-0.2, 0) is 32.8 Å². The van der Waals surface area contributed by atoms with Crippen LogP contribution in [0.4, 0.5) is 0 Å². The topological polar surface area (TPSA) is 66.2 Å². The number of esters is 1. The first-order valence-corrected chi connectivity index (χ1v) is 7.28. The summed E-state index contributed by atoms with van der Waals surface area (Å²) in [6.07, 6.45) is 4.36. The number of aryl methyl sites for hydroxylation is 1. The SMILES string of the molecule is COC(=O)C1CCc2nnc(C3(C)CCCO3)n2CC1. The Morgan fingerprint density at radius 1 is 1.45 bits per heavy atom. The molecule has 1 aromatic rings. The van der Waals surface area contributed by atoms with Crippen molar-refractivity contribution in [2.75, 3.05) is 13.7 Å². The molecule has 1 saturated heterocycles. The Hall–Kier alpha value is -1.43. The van der Waals surface area contributed by atoms with Crippen LogP contribution < -0.4 is 0 Å². The molecule has 0 aliphatic carbocycles. The predicted octanol–water partition coefficient (Wildman–Crippen LogP) is 1.43. The zero-order valence-corrected chi connectivity index (χ0v) is 12.1. The van der Waals surface area contributed by atoms with Crippen molar-refractivity contribution < 1.29 is 14.3 Å². The van der Waals surface area contributed by atoms with Crippen LogP contribution in [0, 0.1) is 5.92 Å². The van der Waals surface area contributed by atoms with Crippen molar-refractivity contribution in [3.63, 3.8) is 0 Å². The van der Waals surface area contributed by atoms with E-state index in [2.05, 4.69) is 21.7 Å². The van der Waals surface area contributed by atoms with Gasteiger partial charge in [0.2, 0.25) is 0 Å². The first-order chi connectivity index (χ1) is 9.64. The maximum Gasteiger partial charge on any atom is 0.308 e. The molecule has 20 heavy (non-hydrogen) atoms. The number of ether oxygens (including phenoxy) is 2. The van der Waals surface area contributed by atoms with Crippen molar-refractivity contribution in [3.05, 3.63) is 11.6 Å². The molecule has 2 atom stereocenters. The Kier molecular flexibility index (Phi) is 3.50. The number of hydrogen-bond acceptors (Lipinski definition) is 5. The Morgan fingerprint density at radius 2 is 2.30 bits per heavy atom. The average molecular weight is 279 g/mol. The molecule has 0 saturated carbocycles. The van der Waals surface area contributed by atoms with Crippen molar-refractivity contribution >= 4 is 5.97 Å². The fourth-order valence-electron chi connectivity index (χ4n) is 3.24. The van der Waals surface area contributed by atoms with Gasteiger partial charge in [0, 0.05) is 19.6 Å². The minimum absolute atomic E-state index is 0.0353. The van der Waals surface area contributed by atoms with Gasteiger partial charge in [-0.25, -0.2) is 0 Å². The van der Waals surface area contributed by atoms with E-state index >= 15 is 0 Å². The number of carbonyl (C=O) groups is 1. The molecule has 0 N–H and O–H groups in total. The zero-order chi connectivity index (χ0) is 14.2. The van der Waals surface area contributed by atoms with Gasteiger partial charge in [-0.3, -0.25) is 4.79 Å². The van der Waals surface area contributed by atoms with Crippen molar-refractivity contribution in [2.24, 2.45) is 5.92 Å². The first-order valence-electron chi connectivity index (χ1n) is 7.28. The second-order valence-corrected chi connectivity index (χ2v) is 5.82. The zero-order valence-electron chi connectivity index (χ0n) is 12.1. The van der Waals surface area contributed by atoms with Crippen LogP contribution in [0.15, 0.2) is 0 Å². The second kappa shape index (κ2) is 5.16. The Labute approximate surface area is 118 Å². The van der Waals surface area contributed by atoms with Crippen molar-refractivity contribution in [2.45, 2.75) is 51.2 Å². The predicted molar refractivity (Wildman–Crippen MR) is 71.0 cm³/mol. The molecule has 6 nitrogen and oxygen atoms in total. The quantitative estimate of drug-likeness (QED) is 0.766.